The third-order valence-electron chi connectivity index (χ3n) is 3.40. The fourth-order valence-electron chi connectivity index (χ4n) is 2.43. The number of carboxylic acids is 1. The molecule has 1 atom stereocenters. The number of hydrogen-bond donors (Lipinski definition) is 2. The highest BCUT2D eigenvalue weighted by molar-refractivity contribution is 5.90. The van der Waals surface area contributed by atoms with Crippen LogP contribution in [-0.4, -0.2) is 16.2 Å². The molecule has 0 radical (unpaired) electrons. The predicted octanol–water partition coefficient (Wildman–Crippen LogP) is 3.95. The van der Waals surface area contributed by atoms with Crippen LogP contribution in [0.2, 0.25) is 0 Å². The lowest BCUT2D eigenvalue weighted by Crippen LogP contribution is -2.09. The average molecular weight is 250 g/mol. The minimum absolute atomic E-state index is 0.165. The van der Waals surface area contributed by atoms with Crippen LogP contribution in [0.5, 0.6) is 5.75 Å². The van der Waals surface area contributed by atoms with Gasteiger partial charge in [0, 0.05) is 0 Å². The van der Waals surface area contributed by atoms with E-state index in [1.807, 2.05) is 13.8 Å². The molecule has 0 aliphatic carbocycles. The fourth-order valence-corrected chi connectivity index (χ4v) is 2.43. The molecule has 0 saturated heterocycles. The van der Waals surface area contributed by atoms with Crippen LogP contribution in [0.1, 0.15) is 67.4 Å². The van der Waals surface area contributed by atoms with Crippen LogP contribution >= 0.6 is 0 Å². The zero-order valence-corrected chi connectivity index (χ0v) is 11.4. The summed E-state index contributed by atoms with van der Waals surface area (Å²) in [6.07, 6.45) is 3.76. The van der Waals surface area contributed by atoms with Crippen LogP contribution in [0, 0.1) is 0 Å². The van der Waals surface area contributed by atoms with Gasteiger partial charge in [-0.3, -0.25) is 0 Å². The van der Waals surface area contributed by atoms with Crippen LogP contribution in [0.3, 0.4) is 0 Å². The number of aromatic hydroxyl groups is 1. The fraction of sp³-hybridized carbons (Fsp3) is 0.533. The van der Waals surface area contributed by atoms with Gasteiger partial charge in [0.25, 0.3) is 0 Å². The molecule has 0 spiro atoms. The Labute approximate surface area is 108 Å². The maximum atomic E-state index is 11.3. The Kier molecular flexibility index (Phi) is 5.20. The minimum Gasteiger partial charge on any atom is -0.508 e. The lowest BCUT2D eigenvalue weighted by Gasteiger charge is -2.19. The van der Waals surface area contributed by atoms with Gasteiger partial charge in [-0.05, 0) is 42.0 Å². The summed E-state index contributed by atoms with van der Waals surface area (Å²) in [5.41, 5.74) is 1.91. The first-order chi connectivity index (χ1) is 8.52. The standard InChI is InChI=1S/C15H22O3/c1-4-6-7-10(3)14-11(5-2)13(16)9-8-12(14)15(17)18/h8-10,16H,4-7H2,1-3H3,(H,17,18)/t10-/m1/s1. The summed E-state index contributed by atoms with van der Waals surface area (Å²) in [6, 6.07) is 2.99. The van der Waals surface area contributed by atoms with Gasteiger partial charge in [-0.25, -0.2) is 4.79 Å². The minimum atomic E-state index is -0.914. The Morgan fingerprint density at radius 3 is 2.50 bits per heavy atom. The number of phenolic OH excluding ortho intramolecular Hbond substituents is 1. The van der Waals surface area contributed by atoms with Crippen molar-refractivity contribution in [3.8, 4) is 5.75 Å². The Morgan fingerprint density at radius 2 is 2.00 bits per heavy atom. The largest absolute Gasteiger partial charge is 0.508 e. The van der Waals surface area contributed by atoms with E-state index >= 15 is 0 Å². The van der Waals surface area contributed by atoms with Crippen molar-refractivity contribution in [1.29, 1.82) is 0 Å². The third kappa shape index (κ3) is 3.03. The maximum Gasteiger partial charge on any atom is 0.335 e. The molecule has 0 fully saturated rings. The van der Waals surface area contributed by atoms with Crippen LogP contribution in [0.25, 0.3) is 0 Å². The molecule has 0 saturated carbocycles. The van der Waals surface area contributed by atoms with Gasteiger partial charge in [-0.15, -0.1) is 0 Å². The van der Waals surface area contributed by atoms with Crippen molar-refractivity contribution < 1.29 is 15.0 Å². The normalized spacial score (nSPS) is 12.4. The summed E-state index contributed by atoms with van der Waals surface area (Å²) in [4.78, 5) is 11.3. The van der Waals surface area contributed by atoms with Crippen molar-refractivity contribution in [3.63, 3.8) is 0 Å². The highest BCUT2D eigenvalue weighted by atomic mass is 16.4. The Morgan fingerprint density at radius 1 is 1.33 bits per heavy atom. The molecule has 0 aliphatic heterocycles. The number of hydrogen-bond acceptors (Lipinski definition) is 2. The summed E-state index contributed by atoms with van der Waals surface area (Å²) in [7, 11) is 0. The summed E-state index contributed by atoms with van der Waals surface area (Å²) < 4.78 is 0. The van der Waals surface area contributed by atoms with E-state index in [0.717, 1.165) is 30.4 Å². The van der Waals surface area contributed by atoms with Gasteiger partial charge < -0.3 is 10.2 Å². The molecule has 100 valence electrons. The van der Waals surface area contributed by atoms with E-state index in [0.29, 0.717) is 12.0 Å². The molecule has 0 heterocycles. The number of unbranched alkanes of at least 4 members (excludes halogenated alkanes) is 1. The molecular weight excluding hydrogens is 228 g/mol. The molecule has 0 unspecified atom stereocenters. The third-order valence-corrected chi connectivity index (χ3v) is 3.40. The van der Waals surface area contributed by atoms with Crippen molar-refractivity contribution in [1.82, 2.24) is 0 Å². The Balaban J connectivity index is 3.26. The van der Waals surface area contributed by atoms with Crippen LogP contribution < -0.4 is 0 Å². The smallest absolute Gasteiger partial charge is 0.335 e. The van der Waals surface area contributed by atoms with Gasteiger partial charge >= 0.3 is 5.97 Å². The molecule has 18 heavy (non-hydrogen) atoms. The molecule has 2 N–H and O–H groups in total. The number of aromatic carboxylic acids is 1. The van der Waals surface area contributed by atoms with E-state index < -0.39 is 5.97 Å². The molecule has 1 aromatic rings. The van der Waals surface area contributed by atoms with Gasteiger partial charge in [0.1, 0.15) is 5.75 Å². The number of carboxylic acid groups (broad SMARTS) is 1. The first-order valence-electron chi connectivity index (χ1n) is 6.60. The van der Waals surface area contributed by atoms with Crippen molar-refractivity contribution in [3.05, 3.63) is 28.8 Å². The Bertz CT molecular complexity index is 424. The quantitative estimate of drug-likeness (QED) is 0.803. The van der Waals surface area contributed by atoms with Crippen molar-refractivity contribution >= 4 is 5.97 Å². The van der Waals surface area contributed by atoms with Gasteiger partial charge in [0.15, 0.2) is 0 Å². The number of carbonyl (C=O) groups is 1. The Hall–Kier alpha value is -1.51. The molecule has 0 aliphatic rings. The monoisotopic (exact) mass is 250 g/mol. The van der Waals surface area contributed by atoms with Gasteiger partial charge in [-0.2, -0.15) is 0 Å². The SMILES string of the molecule is CCCC[C@@H](C)c1c(C(=O)O)ccc(O)c1CC. The second-order valence-electron chi connectivity index (χ2n) is 4.73. The lowest BCUT2D eigenvalue weighted by molar-refractivity contribution is 0.0695. The van der Waals surface area contributed by atoms with Crippen molar-refractivity contribution in [2.24, 2.45) is 0 Å². The van der Waals surface area contributed by atoms with E-state index in [1.54, 1.807) is 0 Å². The predicted molar refractivity (Wildman–Crippen MR) is 72.4 cm³/mol. The summed E-state index contributed by atoms with van der Waals surface area (Å²) in [5, 5.41) is 19.1. The van der Waals surface area contributed by atoms with E-state index in [2.05, 4.69) is 6.92 Å². The van der Waals surface area contributed by atoms with E-state index in [4.69, 9.17) is 0 Å². The number of phenols is 1. The highest BCUT2D eigenvalue weighted by Gasteiger charge is 2.20. The molecule has 3 nitrogen and oxygen atoms in total. The molecular formula is C15H22O3. The first-order valence-corrected chi connectivity index (χ1v) is 6.60. The number of rotatable bonds is 6. The summed E-state index contributed by atoms with van der Waals surface area (Å²) in [5.74, 6) is -0.540. The molecule has 0 aromatic heterocycles. The van der Waals surface area contributed by atoms with Crippen molar-refractivity contribution in [2.75, 3.05) is 0 Å². The van der Waals surface area contributed by atoms with Gasteiger partial charge in [0.05, 0.1) is 5.56 Å². The van der Waals surface area contributed by atoms with Crippen molar-refractivity contribution in [2.45, 2.75) is 52.4 Å². The zero-order chi connectivity index (χ0) is 13.7. The molecule has 1 aromatic carbocycles. The maximum absolute atomic E-state index is 11.3. The zero-order valence-electron chi connectivity index (χ0n) is 11.4. The first kappa shape index (κ1) is 14.6. The van der Waals surface area contributed by atoms with Gasteiger partial charge in [0.2, 0.25) is 0 Å². The van der Waals surface area contributed by atoms with E-state index in [1.165, 1.54) is 12.1 Å². The van der Waals surface area contributed by atoms with E-state index in [-0.39, 0.29) is 11.7 Å². The second-order valence-corrected chi connectivity index (χ2v) is 4.73. The molecule has 3 heteroatoms. The van der Waals surface area contributed by atoms with Crippen LogP contribution in [-0.2, 0) is 6.42 Å². The molecule has 0 bridgehead atoms. The number of benzene rings is 1. The highest BCUT2D eigenvalue weighted by Crippen LogP contribution is 2.33. The molecule has 0 amide bonds. The topological polar surface area (TPSA) is 57.5 Å². The molecule has 1 rings (SSSR count). The summed E-state index contributed by atoms with van der Waals surface area (Å²) in [6.45, 7) is 6.10. The lowest BCUT2D eigenvalue weighted by atomic mass is 9.86. The van der Waals surface area contributed by atoms with Crippen LogP contribution in [0.4, 0.5) is 0 Å². The average Bonchev–Trinajstić information content (AvgIpc) is 2.34. The van der Waals surface area contributed by atoms with Crippen LogP contribution in [0.15, 0.2) is 12.1 Å². The second kappa shape index (κ2) is 6.43. The van der Waals surface area contributed by atoms with E-state index in [9.17, 15) is 15.0 Å². The summed E-state index contributed by atoms with van der Waals surface area (Å²) >= 11 is 0. The van der Waals surface area contributed by atoms with Gasteiger partial charge in [-0.1, -0.05) is 33.6 Å².